The summed E-state index contributed by atoms with van der Waals surface area (Å²) in [4.78, 5) is 13.9. The zero-order chi connectivity index (χ0) is 14.4. The summed E-state index contributed by atoms with van der Waals surface area (Å²) >= 11 is 11.3. The number of rotatable bonds is 2. The number of halogens is 1. The van der Waals surface area contributed by atoms with E-state index in [0.717, 1.165) is 31.5 Å². The highest BCUT2D eigenvalue weighted by Gasteiger charge is 2.14. The van der Waals surface area contributed by atoms with Gasteiger partial charge >= 0.3 is 0 Å². The lowest BCUT2D eigenvalue weighted by atomic mass is 10.1. The molecule has 3 nitrogen and oxygen atoms in total. The fourth-order valence-electron chi connectivity index (χ4n) is 2.10. The molecule has 0 aromatic heterocycles. The molecule has 0 atom stereocenters. The molecule has 1 aromatic carbocycles. The molecule has 0 radical (unpaired) electrons. The van der Waals surface area contributed by atoms with Crippen LogP contribution in [0.15, 0.2) is 30.3 Å². The van der Waals surface area contributed by atoms with Crippen LogP contribution in [0.3, 0.4) is 0 Å². The number of carbonyl (C=O) groups is 1. The van der Waals surface area contributed by atoms with Gasteiger partial charge in [-0.1, -0.05) is 29.8 Å². The molecule has 1 saturated heterocycles. The van der Waals surface area contributed by atoms with Gasteiger partial charge in [0.15, 0.2) is 5.11 Å². The molecule has 106 valence electrons. The van der Waals surface area contributed by atoms with E-state index < -0.39 is 0 Å². The van der Waals surface area contributed by atoms with Gasteiger partial charge in [-0.2, -0.15) is 0 Å². The average molecular weight is 309 g/mol. The number of benzene rings is 1. The number of thiocarbonyl (C=S) groups is 1. The fraction of sp³-hybridized carbons (Fsp3) is 0.333. The number of piperidine rings is 1. The number of nitrogens with zero attached hydrogens (tertiary/aromatic N) is 1. The van der Waals surface area contributed by atoms with Crippen LogP contribution in [-0.4, -0.2) is 29.0 Å². The highest BCUT2D eigenvalue weighted by Crippen LogP contribution is 2.16. The molecule has 1 heterocycles. The van der Waals surface area contributed by atoms with Crippen LogP contribution in [0.2, 0.25) is 5.02 Å². The topological polar surface area (TPSA) is 32.3 Å². The predicted octanol–water partition coefficient (Wildman–Crippen LogP) is 3.24. The molecule has 0 saturated carbocycles. The minimum absolute atomic E-state index is 0.222. The molecular weight excluding hydrogens is 292 g/mol. The number of carbonyl (C=O) groups excluding carboxylic acids is 1. The Morgan fingerprint density at radius 2 is 1.95 bits per heavy atom. The molecule has 5 heteroatoms. The zero-order valence-electron chi connectivity index (χ0n) is 11.1. The Labute approximate surface area is 129 Å². The van der Waals surface area contributed by atoms with Crippen LogP contribution < -0.4 is 5.32 Å². The second-order valence-corrected chi connectivity index (χ2v) is 5.49. The number of likely N-dealkylation sites (tertiary alicyclic amines) is 1. The van der Waals surface area contributed by atoms with E-state index in [0.29, 0.717) is 10.1 Å². The highest BCUT2D eigenvalue weighted by molar-refractivity contribution is 7.80. The number of amides is 1. The lowest BCUT2D eigenvalue weighted by Crippen LogP contribution is -2.44. The Balaban J connectivity index is 1.89. The third-order valence-electron chi connectivity index (χ3n) is 3.19. The lowest BCUT2D eigenvalue weighted by Gasteiger charge is -2.28. The van der Waals surface area contributed by atoms with Crippen LogP contribution in [0.1, 0.15) is 24.8 Å². The summed E-state index contributed by atoms with van der Waals surface area (Å²) < 4.78 is 0. The van der Waals surface area contributed by atoms with E-state index in [-0.39, 0.29) is 5.91 Å². The first-order valence-electron chi connectivity index (χ1n) is 6.69. The molecule has 0 unspecified atom stereocenters. The quantitative estimate of drug-likeness (QED) is 0.672. The molecule has 1 fully saturated rings. The Bertz CT molecular complexity index is 524. The Morgan fingerprint density at radius 1 is 1.25 bits per heavy atom. The summed E-state index contributed by atoms with van der Waals surface area (Å²) in [6.07, 6.45) is 6.64. The summed E-state index contributed by atoms with van der Waals surface area (Å²) in [5, 5.41) is 3.86. The Morgan fingerprint density at radius 3 is 2.65 bits per heavy atom. The summed E-state index contributed by atoms with van der Waals surface area (Å²) in [7, 11) is 0. The largest absolute Gasteiger partial charge is 0.349 e. The van der Waals surface area contributed by atoms with Gasteiger partial charge < -0.3 is 4.90 Å². The smallest absolute Gasteiger partial charge is 0.250 e. The molecule has 0 bridgehead atoms. The van der Waals surface area contributed by atoms with E-state index in [9.17, 15) is 4.79 Å². The van der Waals surface area contributed by atoms with Gasteiger partial charge in [-0.3, -0.25) is 10.1 Å². The third kappa shape index (κ3) is 4.32. The van der Waals surface area contributed by atoms with Crippen molar-refractivity contribution in [1.29, 1.82) is 0 Å². The van der Waals surface area contributed by atoms with Gasteiger partial charge in [0, 0.05) is 24.2 Å². The molecular formula is C15H17ClN2OS. The average Bonchev–Trinajstić information content (AvgIpc) is 2.47. The predicted molar refractivity (Wildman–Crippen MR) is 86.7 cm³/mol. The van der Waals surface area contributed by atoms with Crippen LogP contribution in [0.4, 0.5) is 0 Å². The molecule has 1 aromatic rings. The van der Waals surface area contributed by atoms with Crippen LogP contribution in [0, 0.1) is 0 Å². The van der Waals surface area contributed by atoms with E-state index >= 15 is 0 Å². The van der Waals surface area contributed by atoms with Gasteiger partial charge in [-0.05, 0) is 49.2 Å². The fourth-order valence-corrected chi connectivity index (χ4v) is 2.58. The maximum Gasteiger partial charge on any atom is 0.250 e. The molecule has 20 heavy (non-hydrogen) atoms. The van der Waals surface area contributed by atoms with E-state index in [2.05, 4.69) is 5.32 Å². The van der Waals surface area contributed by atoms with Crippen molar-refractivity contribution in [3.8, 4) is 0 Å². The second kappa shape index (κ2) is 7.41. The molecule has 1 aliphatic rings. The monoisotopic (exact) mass is 308 g/mol. The van der Waals surface area contributed by atoms with Gasteiger partial charge in [-0.15, -0.1) is 0 Å². The molecule has 2 rings (SSSR count). The van der Waals surface area contributed by atoms with E-state index in [1.165, 1.54) is 12.5 Å². The summed E-state index contributed by atoms with van der Waals surface area (Å²) in [5.41, 5.74) is 0.813. The van der Waals surface area contributed by atoms with Crippen LogP contribution in [0.25, 0.3) is 6.08 Å². The maximum atomic E-state index is 11.8. The van der Waals surface area contributed by atoms with Gasteiger partial charge in [-0.25, -0.2) is 0 Å². The van der Waals surface area contributed by atoms with Crippen molar-refractivity contribution in [1.82, 2.24) is 10.2 Å². The van der Waals surface area contributed by atoms with Crippen molar-refractivity contribution in [3.63, 3.8) is 0 Å². The Hall–Kier alpha value is -1.39. The molecule has 0 spiro atoms. The molecule has 0 aliphatic carbocycles. The SMILES string of the molecule is O=C(C=Cc1ccccc1Cl)NC(=S)N1CCCCC1. The first-order valence-corrected chi connectivity index (χ1v) is 7.48. The standard InChI is InChI=1S/C15H17ClN2OS/c16-13-7-3-2-6-12(13)8-9-14(19)17-15(20)18-10-4-1-5-11-18/h2-3,6-9H,1,4-5,10-11H2,(H,17,19,20). The van der Waals surface area contributed by atoms with E-state index in [4.69, 9.17) is 23.8 Å². The van der Waals surface area contributed by atoms with Crippen molar-refractivity contribution in [3.05, 3.63) is 40.9 Å². The summed E-state index contributed by atoms with van der Waals surface area (Å²) in [6.45, 7) is 1.85. The van der Waals surface area contributed by atoms with Crippen LogP contribution in [-0.2, 0) is 4.79 Å². The van der Waals surface area contributed by atoms with Gasteiger partial charge in [0.1, 0.15) is 0 Å². The van der Waals surface area contributed by atoms with Crippen molar-refractivity contribution in [2.75, 3.05) is 13.1 Å². The van der Waals surface area contributed by atoms with Gasteiger partial charge in [0.05, 0.1) is 0 Å². The highest BCUT2D eigenvalue weighted by atomic mass is 35.5. The normalized spacial score (nSPS) is 15.3. The number of hydrogen-bond acceptors (Lipinski definition) is 2. The Kier molecular flexibility index (Phi) is 5.56. The van der Waals surface area contributed by atoms with Crippen LogP contribution in [0.5, 0.6) is 0 Å². The van der Waals surface area contributed by atoms with E-state index in [1.807, 2.05) is 23.1 Å². The van der Waals surface area contributed by atoms with Crippen molar-refractivity contribution < 1.29 is 4.79 Å². The van der Waals surface area contributed by atoms with Gasteiger partial charge in [0.25, 0.3) is 0 Å². The minimum Gasteiger partial charge on any atom is -0.349 e. The lowest BCUT2D eigenvalue weighted by molar-refractivity contribution is -0.115. The van der Waals surface area contributed by atoms with E-state index in [1.54, 1.807) is 12.1 Å². The van der Waals surface area contributed by atoms with Crippen molar-refractivity contribution >= 4 is 40.9 Å². The van der Waals surface area contributed by atoms with Gasteiger partial charge in [0.2, 0.25) is 5.91 Å². The number of nitrogens with one attached hydrogen (secondary N) is 1. The van der Waals surface area contributed by atoms with Crippen molar-refractivity contribution in [2.24, 2.45) is 0 Å². The summed E-state index contributed by atoms with van der Waals surface area (Å²) in [6, 6.07) is 7.37. The molecule has 1 aliphatic heterocycles. The van der Waals surface area contributed by atoms with Crippen molar-refractivity contribution in [2.45, 2.75) is 19.3 Å². The zero-order valence-corrected chi connectivity index (χ0v) is 12.7. The van der Waals surface area contributed by atoms with Crippen LogP contribution >= 0.6 is 23.8 Å². The summed E-state index contributed by atoms with van der Waals surface area (Å²) in [5.74, 6) is -0.222. The number of hydrogen-bond donors (Lipinski definition) is 1. The maximum absolute atomic E-state index is 11.8. The molecule has 1 amide bonds. The second-order valence-electron chi connectivity index (χ2n) is 4.70. The minimum atomic E-state index is -0.222. The first-order chi connectivity index (χ1) is 9.66. The first kappa shape index (κ1) is 15.0. The molecule has 1 N–H and O–H groups in total. The third-order valence-corrected chi connectivity index (χ3v) is 3.90.